The molecule has 0 saturated carbocycles. The highest BCUT2D eigenvalue weighted by atomic mass is 32.2. The van der Waals surface area contributed by atoms with Gasteiger partial charge in [0.1, 0.15) is 11.8 Å². The summed E-state index contributed by atoms with van der Waals surface area (Å²) in [6, 6.07) is 6.12. The molecule has 3 aliphatic rings. The summed E-state index contributed by atoms with van der Waals surface area (Å²) in [5, 5.41) is 10.5. The number of hydrogen-bond donors (Lipinski definition) is 1. The van der Waals surface area contributed by atoms with Crippen molar-refractivity contribution in [2.24, 2.45) is 17.8 Å². The normalized spacial score (nSPS) is 26.8. The van der Waals surface area contributed by atoms with Gasteiger partial charge >= 0.3 is 0 Å². The zero-order valence-electron chi connectivity index (χ0n) is 26.6. The van der Waals surface area contributed by atoms with Crippen molar-refractivity contribution < 1.29 is 24.2 Å². The molecular weight excluding hydrogens is 562 g/mol. The number of benzene rings is 1. The number of likely N-dealkylation sites (tertiary alicyclic amines) is 1. The Balaban J connectivity index is 1.79. The summed E-state index contributed by atoms with van der Waals surface area (Å²) >= 11 is 1.65. The number of amides is 3. The van der Waals surface area contributed by atoms with Gasteiger partial charge in [0.2, 0.25) is 17.7 Å². The van der Waals surface area contributed by atoms with Gasteiger partial charge in [0.05, 0.1) is 35.8 Å². The van der Waals surface area contributed by atoms with Crippen LogP contribution in [0.25, 0.3) is 0 Å². The van der Waals surface area contributed by atoms with Crippen molar-refractivity contribution in [2.45, 2.75) is 88.4 Å². The standard InChI is InChI=1S/C34H49N3O5S/c1-9-18-35(23-12-14-25(15-13-23)42-11-3)30(39)27-26-16-17-34(43-26)28(27)31(40)37(24(21-38)20-22(4)5)29(34)32(41)36(19-10-2)33(6,7)8/h9-10,12-15,22,24,26-29,38H,1-2,11,16-21H2,3-8H3/t24-,26+,27-,28+,29?,34?/m1/s1. The van der Waals surface area contributed by atoms with Crippen LogP contribution in [-0.2, 0) is 14.4 Å². The van der Waals surface area contributed by atoms with Crippen molar-refractivity contribution in [1.82, 2.24) is 9.80 Å². The molecule has 9 heteroatoms. The van der Waals surface area contributed by atoms with Crippen molar-refractivity contribution in [3.8, 4) is 5.75 Å². The van der Waals surface area contributed by atoms with Crippen molar-refractivity contribution >= 4 is 35.2 Å². The number of carbonyl (C=O) groups is 3. The van der Waals surface area contributed by atoms with Crippen LogP contribution in [0.3, 0.4) is 0 Å². The van der Waals surface area contributed by atoms with Crippen LogP contribution < -0.4 is 9.64 Å². The molecule has 236 valence electrons. The lowest BCUT2D eigenvalue weighted by atomic mass is 9.70. The predicted molar refractivity (Wildman–Crippen MR) is 173 cm³/mol. The van der Waals surface area contributed by atoms with Crippen molar-refractivity contribution in [3.63, 3.8) is 0 Å². The van der Waals surface area contributed by atoms with E-state index in [4.69, 9.17) is 4.74 Å². The third-order valence-electron chi connectivity index (χ3n) is 9.03. The molecule has 2 bridgehead atoms. The molecule has 2 unspecified atom stereocenters. The molecule has 8 nitrogen and oxygen atoms in total. The summed E-state index contributed by atoms with van der Waals surface area (Å²) in [7, 11) is 0. The number of aliphatic hydroxyl groups is 1. The second-order valence-corrected chi connectivity index (χ2v) is 14.9. The lowest BCUT2D eigenvalue weighted by Gasteiger charge is -2.44. The van der Waals surface area contributed by atoms with Gasteiger partial charge in [-0.25, -0.2) is 0 Å². The molecule has 3 saturated heterocycles. The first-order valence-corrected chi connectivity index (χ1v) is 16.4. The fraction of sp³-hybridized carbons (Fsp3) is 0.618. The topological polar surface area (TPSA) is 90.4 Å². The van der Waals surface area contributed by atoms with Gasteiger partial charge in [-0.05, 0) is 77.1 Å². The molecule has 4 rings (SSSR count). The van der Waals surface area contributed by atoms with E-state index in [-0.39, 0.29) is 35.5 Å². The van der Waals surface area contributed by atoms with Gasteiger partial charge in [-0.2, -0.15) is 0 Å². The second kappa shape index (κ2) is 13.1. The minimum atomic E-state index is -0.772. The van der Waals surface area contributed by atoms with Gasteiger partial charge in [-0.15, -0.1) is 24.9 Å². The zero-order valence-corrected chi connectivity index (χ0v) is 27.4. The van der Waals surface area contributed by atoms with E-state index in [1.54, 1.807) is 38.6 Å². The first kappa shape index (κ1) is 33.1. The summed E-state index contributed by atoms with van der Waals surface area (Å²) in [5.41, 5.74) is 0.204. The van der Waals surface area contributed by atoms with E-state index in [0.717, 1.165) is 12.2 Å². The third-order valence-corrected chi connectivity index (χ3v) is 11.0. The Hall–Kier alpha value is -2.78. The number of rotatable bonds is 13. The van der Waals surface area contributed by atoms with Gasteiger partial charge < -0.3 is 24.5 Å². The number of ether oxygens (including phenoxy) is 1. The summed E-state index contributed by atoms with van der Waals surface area (Å²) < 4.78 is 4.86. The van der Waals surface area contributed by atoms with Crippen LogP contribution in [-0.4, -0.2) is 86.6 Å². The average Bonchev–Trinajstić information content (AvgIpc) is 3.60. The minimum absolute atomic E-state index is 0.0749. The summed E-state index contributed by atoms with van der Waals surface area (Å²) in [6.45, 7) is 20.7. The SMILES string of the molecule is C=CCN(C(=O)[C@@H]1[C@@H]2CCC3(S2)C(C(=O)N(CC=C)C(C)(C)C)N([C@@H](CO)CC(C)C)C(=O)[C@H]13)c1ccc(OCC)cc1. The van der Waals surface area contributed by atoms with Crippen LogP contribution in [0.5, 0.6) is 5.75 Å². The number of anilines is 1. The monoisotopic (exact) mass is 611 g/mol. The smallest absolute Gasteiger partial charge is 0.247 e. The number of carbonyl (C=O) groups excluding carboxylic acids is 3. The molecular formula is C34H49N3O5S. The summed E-state index contributed by atoms with van der Waals surface area (Å²) in [6.07, 6.45) is 5.39. The van der Waals surface area contributed by atoms with Gasteiger partial charge in [0.25, 0.3) is 0 Å². The molecule has 1 N–H and O–H groups in total. The third kappa shape index (κ3) is 5.99. The quantitative estimate of drug-likeness (QED) is 0.319. The molecule has 3 fully saturated rings. The van der Waals surface area contributed by atoms with E-state index in [1.165, 1.54) is 0 Å². The molecule has 43 heavy (non-hydrogen) atoms. The maximum Gasteiger partial charge on any atom is 0.247 e. The number of fused-ring (bicyclic) bond motifs is 1. The lowest BCUT2D eigenvalue weighted by molar-refractivity contribution is -0.148. The van der Waals surface area contributed by atoms with Gasteiger partial charge in [-0.1, -0.05) is 26.0 Å². The molecule has 0 radical (unpaired) electrons. The molecule has 3 aliphatic heterocycles. The molecule has 0 aliphatic carbocycles. The largest absolute Gasteiger partial charge is 0.494 e. The number of nitrogens with zero attached hydrogens (tertiary/aromatic N) is 3. The predicted octanol–water partition coefficient (Wildman–Crippen LogP) is 4.92. The first-order valence-electron chi connectivity index (χ1n) is 15.5. The Labute approximate surface area is 261 Å². The Morgan fingerprint density at radius 2 is 1.81 bits per heavy atom. The number of aliphatic hydroxyl groups excluding tert-OH is 1. The maximum atomic E-state index is 14.7. The van der Waals surface area contributed by atoms with Crippen LogP contribution in [0.15, 0.2) is 49.6 Å². The molecule has 1 spiro atoms. The van der Waals surface area contributed by atoms with Crippen molar-refractivity contribution in [3.05, 3.63) is 49.6 Å². The molecule has 3 amide bonds. The summed E-state index contributed by atoms with van der Waals surface area (Å²) in [4.78, 5) is 49.0. The van der Waals surface area contributed by atoms with Crippen LogP contribution in [0.2, 0.25) is 0 Å². The second-order valence-electron chi connectivity index (χ2n) is 13.3. The van der Waals surface area contributed by atoms with Crippen molar-refractivity contribution in [1.29, 1.82) is 0 Å². The highest BCUT2D eigenvalue weighted by Gasteiger charge is 2.74. The number of hydrogen-bond acceptors (Lipinski definition) is 6. The van der Waals surface area contributed by atoms with Crippen LogP contribution in [0.1, 0.15) is 60.8 Å². The minimum Gasteiger partial charge on any atom is -0.494 e. The summed E-state index contributed by atoms with van der Waals surface area (Å²) in [5.74, 6) is -0.770. The Morgan fingerprint density at radius 1 is 1.16 bits per heavy atom. The van der Waals surface area contributed by atoms with E-state index in [0.29, 0.717) is 38.2 Å². The maximum absolute atomic E-state index is 14.7. The molecule has 1 aromatic carbocycles. The van der Waals surface area contributed by atoms with E-state index >= 15 is 0 Å². The fourth-order valence-corrected chi connectivity index (χ4v) is 9.55. The molecule has 3 heterocycles. The molecule has 6 atom stereocenters. The Kier molecular flexibility index (Phi) is 10.1. The average molecular weight is 612 g/mol. The van der Waals surface area contributed by atoms with Gasteiger partial charge in [0.15, 0.2) is 0 Å². The first-order chi connectivity index (χ1) is 20.4. The number of thioether (sulfide) groups is 1. The highest BCUT2D eigenvalue weighted by Crippen LogP contribution is 2.67. The zero-order chi connectivity index (χ0) is 31.7. The Morgan fingerprint density at radius 3 is 2.35 bits per heavy atom. The molecule has 0 aromatic heterocycles. The fourth-order valence-electron chi connectivity index (χ4n) is 7.36. The Bertz CT molecular complexity index is 1210. The van der Waals surface area contributed by atoms with Gasteiger partial charge in [-0.3, -0.25) is 14.4 Å². The van der Waals surface area contributed by atoms with E-state index in [1.807, 2.05) is 52.0 Å². The van der Waals surface area contributed by atoms with E-state index < -0.39 is 34.2 Å². The van der Waals surface area contributed by atoms with E-state index in [9.17, 15) is 19.5 Å². The highest BCUT2D eigenvalue weighted by molar-refractivity contribution is 8.02. The molecule has 1 aromatic rings. The van der Waals surface area contributed by atoms with Crippen molar-refractivity contribution in [2.75, 3.05) is 31.2 Å². The van der Waals surface area contributed by atoms with E-state index in [2.05, 4.69) is 27.0 Å². The van der Waals surface area contributed by atoms with Crippen LogP contribution >= 0.6 is 11.8 Å². The lowest BCUT2D eigenvalue weighted by Crippen LogP contribution is -2.60. The van der Waals surface area contributed by atoms with Crippen LogP contribution in [0.4, 0.5) is 5.69 Å². The van der Waals surface area contributed by atoms with Gasteiger partial charge in [0, 0.05) is 29.6 Å². The van der Waals surface area contributed by atoms with Crippen LogP contribution in [0, 0.1) is 17.8 Å².